The van der Waals surface area contributed by atoms with Crippen LogP contribution in [0.3, 0.4) is 0 Å². The summed E-state index contributed by atoms with van der Waals surface area (Å²) in [7, 11) is 0. The molecule has 1 aromatic carbocycles. The Morgan fingerprint density at radius 2 is 2.33 bits per heavy atom. The number of nitrogens with one attached hydrogen (secondary N) is 1. The van der Waals surface area contributed by atoms with E-state index in [4.69, 9.17) is 4.74 Å². The van der Waals surface area contributed by atoms with Crippen LogP contribution in [0.1, 0.15) is 45.1 Å². The number of ether oxygens (including phenoxy) is 1. The molecule has 130 valence electrons. The van der Waals surface area contributed by atoms with Gasteiger partial charge in [0.05, 0.1) is 17.3 Å². The molecule has 2 aliphatic rings. The van der Waals surface area contributed by atoms with Crippen LogP contribution in [0.25, 0.3) is 0 Å². The van der Waals surface area contributed by atoms with Gasteiger partial charge in [0, 0.05) is 5.92 Å². The van der Waals surface area contributed by atoms with Gasteiger partial charge in [-0.05, 0) is 64.7 Å². The highest BCUT2D eigenvalue weighted by atomic mass is 79.9. The SMILES string of the molecule is CCOc1cc(/C=N/NC(=O)[C@@H]2[C@@H]3CCCC[C@@]23C)cc(Br)c1O. The van der Waals surface area contributed by atoms with Gasteiger partial charge in [-0.15, -0.1) is 0 Å². The summed E-state index contributed by atoms with van der Waals surface area (Å²) in [5.74, 6) is 1.09. The van der Waals surface area contributed by atoms with Gasteiger partial charge in [-0.3, -0.25) is 4.79 Å². The zero-order valence-corrected chi connectivity index (χ0v) is 15.6. The average molecular weight is 395 g/mol. The number of hydrogen-bond donors (Lipinski definition) is 2. The van der Waals surface area contributed by atoms with Gasteiger partial charge in [-0.1, -0.05) is 19.8 Å². The molecule has 0 spiro atoms. The van der Waals surface area contributed by atoms with Gasteiger partial charge < -0.3 is 9.84 Å². The largest absolute Gasteiger partial charge is 0.503 e. The molecule has 0 aromatic heterocycles. The molecule has 5 nitrogen and oxygen atoms in total. The average Bonchev–Trinajstić information content (AvgIpc) is 3.18. The van der Waals surface area contributed by atoms with Crippen molar-refractivity contribution in [2.75, 3.05) is 6.61 Å². The third kappa shape index (κ3) is 3.16. The van der Waals surface area contributed by atoms with Crippen LogP contribution in [-0.2, 0) is 4.79 Å². The number of hydrazone groups is 1. The summed E-state index contributed by atoms with van der Waals surface area (Å²) in [4.78, 5) is 12.4. The van der Waals surface area contributed by atoms with E-state index in [1.165, 1.54) is 12.8 Å². The van der Waals surface area contributed by atoms with Crippen molar-refractivity contribution in [1.82, 2.24) is 5.43 Å². The first-order valence-corrected chi connectivity index (χ1v) is 9.25. The van der Waals surface area contributed by atoms with E-state index < -0.39 is 0 Å². The monoisotopic (exact) mass is 394 g/mol. The molecular weight excluding hydrogens is 372 g/mol. The molecule has 1 aromatic rings. The van der Waals surface area contributed by atoms with Gasteiger partial charge in [0.15, 0.2) is 11.5 Å². The highest BCUT2D eigenvalue weighted by Gasteiger charge is 2.64. The molecule has 0 unspecified atom stereocenters. The fourth-order valence-electron chi connectivity index (χ4n) is 4.02. The van der Waals surface area contributed by atoms with E-state index in [0.717, 1.165) is 18.4 Å². The lowest BCUT2D eigenvalue weighted by Crippen LogP contribution is -2.22. The Hall–Kier alpha value is -1.56. The highest BCUT2D eigenvalue weighted by molar-refractivity contribution is 9.10. The molecule has 3 rings (SSSR count). The van der Waals surface area contributed by atoms with Crippen LogP contribution in [0, 0.1) is 17.3 Å². The van der Waals surface area contributed by atoms with Crippen molar-refractivity contribution in [3.05, 3.63) is 22.2 Å². The molecule has 6 heteroatoms. The van der Waals surface area contributed by atoms with E-state index >= 15 is 0 Å². The van der Waals surface area contributed by atoms with Crippen molar-refractivity contribution in [1.29, 1.82) is 0 Å². The van der Waals surface area contributed by atoms with Gasteiger partial charge in [0.25, 0.3) is 0 Å². The number of amides is 1. The summed E-state index contributed by atoms with van der Waals surface area (Å²) in [6.07, 6.45) is 6.32. The van der Waals surface area contributed by atoms with Crippen molar-refractivity contribution >= 4 is 28.1 Å². The maximum absolute atomic E-state index is 12.4. The zero-order valence-electron chi connectivity index (χ0n) is 14.0. The van der Waals surface area contributed by atoms with Crippen LogP contribution in [-0.4, -0.2) is 23.8 Å². The maximum Gasteiger partial charge on any atom is 0.244 e. The molecule has 0 bridgehead atoms. The number of fused-ring (bicyclic) bond motifs is 1. The van der Waals surface area contributed by atoms with Crippen LogP contribution in [0.4, 0.5) is 0 Å². The van der Waals surface area contributed by atoms with Crippen LogP contribution in [0.15, 0.2) is 21.7 Å². The van der Waals surface area contributed by atoms with E-state index in [0.29, 0.717) is 22.7 Å². The van der Waals surface area contributed by atoms with Gasteiger partial charge >= 0.3 is 0 Å². The number of halogens is 1. The lowest BCUT2D eigenvalue weighted by atomic mass is 9.90. The standard InChI is InChI=1S/C18H23BrN2O3/c1-3-24-14-9-11(8-13(19)16(14)22)10-20-21-17(23)15-12-6-4-5-7-18(12,15)2/h8-10,12,15,22H,3-7H2,1-2H3,(H,21,23)/b20-10+/t12-,15-,18+/m0/s1. The number of carbonyl (C=O) groups excluding carboxylic acids is 1. The second-order valence-electron chi connectivity index (χ2n) is 6.85. The quantitative estimate of drug-likeness (QED) is 0.588. The molecule has 2 aliphatic carbocycles. The first-order chi connectivity index (χ1) is 11.5. The number of aromatic hydroxyl groups is 1. The van der Waals surface area contributed by atoms with E-state index in [9.17, 15) is 9.90 Å². The molecule has 2 fully saturated rings. The van der Waals surface area contributed by atoms with Crippen molar-refractivity contribution in [3.8, 4) is 11.5 Å². The van der Waals surface area contributed by atoms with Crippen molar-refractivity contribution in [3.63, 3.8) is 0 Å². The smallest absolute Gasteiger partial charge is 0.244 e. The fraction of sp³-hybridized carbons (Fsp3) is 0.556. The van der Waals surface area contributed by atoms with Crippen LogP contribution in [0.2, 0.25) is 0 Å². The first kappa shape index (κ1) is 17.3. The number of carbonyl (C=O) groups is 1. The number of rotatable bonds is 5. The van der Waals surface area contributed by atoms with Gasteiger partial charge in [-0.25, -0.2) is 5.43 Å². The topological polar surface area (TPSA) is 70.9 Å². The Labute approximate surface area is 150 Å². The summed E-state index contributed by atoms with van der Waals surface area (Å²) in [6.45, 7) is 4.53. The van der Waals surface area contributed by atoms with Crippen molar-refractivity contribution < 1.29 is 14.6 Å². The lowest BCUT2D eigenvalue weighted by Gasteiger charge is -2.15. The third-order valence-electron chi connectivity index (χ3n) is 5.35. The summed E-state index contributed by atoms with van der Waals surface area (Å²) in [6, 6.07) is 3.42. The Morgan fingerprint density at radius 1 is 1.54 bits per heavy atom. The Kier molecular flexibility index (Phi) is 4.85. The molecular formula is C18H23BrN2O3. The van der Waals surface area contributed by atoms with E-state index in [2.05, 4.69) is 33.4 Å². The number of phenolic OH excluding ortho intramolecular Hbond substituents is 1. The number of benzene rings is 1. The molecule has 0 heterocycles. The Balaban J connectivity index is 1.63. The molecule has 1 amide bonds. The summed E-state index contributed by atoms with van der Waals surface area (Å²) in [5, 5.41) is 14.0. The van der Waals surface area contributed by atoms with Gasteiger partial charge in [0.2, 0.25) is 5.91 Å². The third-order valence-corrected chi connectivity index (χ3v) is 5.96. The second kappa shape index (κ2) is 6.75. The lowest BCUT2D eigenvalue weighted by molar-refractivity contribution is -0.123. The second-order valence-corrected chi connectivity index (χ2v) is 7.71. The predicted molar refractivity (Wildman–Crippen MR) is 96.3 cm³/mol. The molecule has 0 saturated heterocycles. The minimum absolute atomic E-state index is 0.0172. The number of nitrogens with zero attached hydrogens (tertiary/aromatic N) is 1. The first-order valence-electron chi connectivity index (χ1n) is 8.45. The minimum Gasteiger partial charge on any atom is -0.503 e. The Bertz CT molecular complexity index is 676. The summed E-state index contributed by atoms with van der Waals surface area (Å²) < 4.78 is 5.91. The molecule has 0 radical (unpaired) electrons. The predicted octanol–water partition coefficient (Wildman–Crippen LogP) is 3.83. The van der Waals surface area contributed by atoms with Crippen LogP contribution >= 0.6 is 15.9 Å². The van der Waals surface area contributed by atoms with Crippen LogP contribution in [0.5, 0.6) is 11.5 Å². The molecule has 0 aliphatic heterocycles. The number of hydrogen-bond acceptors (Lipinski definition) is 4. The minimum atomic E-state index is 0.0172. The van der Waals surface area contributed by atoms with Crippen LogP contribution < -0.4 is 10.2 Å². The van der Waals surface area contributed by atoms with E-state index in [1.54, 1.807) is 18.3 Å². The molecule has 2 N–H and O–H groups in total. The maximum atomic E-state index is 12.4. The Morgan fingerprint density at radius 3 is 3.00 bits per heavy atom. The van der Waals surface area contributed by atoms with E-state index in [1.807, 2.05) is 6.92 Å². The summed E-state index contributed by atoms with van der Waals surface area (Å²) >= 11 is 3.29. The highest BCUT2D eigenvalue weighted by Crippen LogP contribution is 2.66. The normalized spacial score (nSPS) is 28.5. The fourth-order valence-corrected chi connectivity index (χ4v) is 4.48. The zero-order chi connectivity index (χ0) is 17.3. The van der Waals surface area contributed by atoms with E-state index in [-0.39, 0.29) is 23.0 Å². The molecule has 3 atom stereocenters. The molecule has 24 heavy (non-hydrogen) atoms. The summed E-state index contributed by atoms with van der Waals surface area (Å²) in [5.41, 5.74) is 3.59. The molecule has 2 saturated carbocycles. The van der Waals surface area contributed by atoms with Gasteiger partial charge in [-0.2, -0.15) is 5.10 Å². The van der Waals surface area contributed by atoms with Crippen molar-refractivity contribution in [2.24, 2.45) is 22.4 Å². The van der Waals surface area contributed by atoms with Crippen molar-refractivity contribution in [2.45, 2.75) is 39.5 Å². The van der Waals surface area contributed by atoms with Gasteiger partial charge in [0.1, 0.15) is 0 Å². The number of phenols is 1.